The standard InChI is InChI=1S/C20H24O4/c1-20(2,23)12-11-16-17(22)9-5-14-6-10-18(24-19(14)16)13-3-7-15(21)8-4-13/h3-5,7-9,18,21-23H,6,10-12H2,1-2H3. The molecule has 24 heavy (non-hydrogen) atoms. The third-order valence-corrected chi connectivity index (χ3v) is 4.50. The summed E-state index contributed by atoms with van der Waals surface area (Å²) in [5, 5.41) is 29.7. The molecule has 4 heteroatoms. The van der Waals surface area contributed by atoms with Crippen molar-refractivity contribution in [1.82, 2.24) is 0 Å². The van der Waals surface area contributed by atoms with Crippen molar-refractivity contribution < 1.29 is 20.1 Å². The van der Waals surface area contributed by atoms with E-state index >= 15 is 0 Å². The number of aryl methyl sites for hydroxylation is 1. The molecule has 0 aliphatic carbocycles. The zero-order valence-corrected chi connectivity index (χ0v) is 14.1. The van der Waals surface area contributed by atoms with Crippen LogP contribution in [0.2, 0.25) is 0 Å². The highest BCUT2D eigenvalue weighted by molar-refractivity contribution is 5.51. The number of ether oxygens (including phenoxy) is 1. The molecular formula is C20H24O4. The van der Waals surface area contributed by atoms with Gasteiger partial charge in [-0.25, -0.2) is 0 Å². The van der Waals surface area contributed by atoms with Gasteiger partial charge in [0.2, 0.25) is 0 Å². The van der Waals surface area contributed by atoms with E-state index in [0.29, 0.717) is 12.8 Å². The molecule has 0 fully saturated rings. The molecular weight excluding hydrogens is 304 g/mol. The van der Waals surface area contributed by atoms with Gasteiger partial charge in [-0.2, -0.15) is 0 Å². The van der Waals surface area contributed by atoms with Crippen molar-refractivity contribution in [2.75, 3.05) is 0 Å². The predicted octanol–water partition coefficient (Wildman–Crippen LogP) is 3.87. The van der Waals surface area contributed by atoms with Crippen molar-refractivity contribution in [2.45, 2.75) is 51.2 Å². The first-order valence-corrected chi connectivity index (χ1v) is 8.35. The van der Waals surface area contributed by atoms with Crippen LogP contribution >= 0.6 is 0 Å². The summed E-state index contributed by atoms with van der Waals surface area (Å²) in [6, 6.07) is 10.7. The Morgan fingerprint density at radius 2 is 1.79 bits per heavy atom. The molecule has 3 N–H and O–H groups in total. The lowest BCUT2D eigenvalue weighted by atomic mass is 9.92. The van der Waals surface area contributed by atoms with E-state index in [9.17, 15) is 15.3 Å². The minimum Gasteiger partial charge on any atom is -0.508 e. The first kappa shape index (κ1) is 16.7. The van der Waals surface area contributed by atoms with E-state index in [1.54, 1.807) is 32.0 Å². The fourth-order valence-corrected chi connectivity index (χ4v) is 3.09. The van der Waals surface area contributed by atoms with E-state index in [4.69, 9.17) is 4.74 Å². The van der Waals surface area contributed by atoms with Crippen molar-refractivity contribution in [3.05, 3.63) is 53.1 Å². The van der Waals surface area contributed by atoms with Gasteiger partial charge in [0.1, 0.15) is 23.4 Å². The normalized spacial score (nSPS) is 17.2. The van der Waals surface area contributed by atoms with Crippen molar-refractivity contribution in [2.24, 2.45) is 0 Å². The molecule has 1 unspecified atom stereocenters. The number of rotatable bonds is 4. The molecule has 0 bridgehead atoms. The highest BCUT2D eigenvalue weighted by Crippen LogP contribution is 2.41. The summed E-state index contributed by atoms with van der Waals surface area (Å²) < 4.78 is 6.21. The first-order chi connectivity index (χ1) is 11.3. The number of benzene rings is 2. The summed E-state index contributed by atoms with van der Waals surface area (Å²) in [6.45, 7) is 3.53. The van der Waals surface area contributed by atoms with Crippen molar-refractivity contribution in [3.63, 3.8) is 0 Å². The minimum absolute atomic E-state index is 0.0965. The van der Waals surface area contributed by atoms with E-state index in [1.807, 2.05) is 18.2 Å². The molecule has 2 aromatic rings. The van der Waals surface area contributed by atoms with Crippen molar-refractivity contribution in [3.8, 4) is 17.2 Å². The largest absolute Gasteiger partial charge is 0.508 e. The molecule has 1 aliphatic heterocycles. The lowest BCUT2D eigenvalue weighted by Gasteiger charge is -2.29. The summed E-state index contributed by atoms with van der Waals surface area (Å²) in [6.07, 6.45) is 2.73. The van der Waals surface area contributed by atoms with E-state index in [-0.39, 0.29) is 17.6 Å². The summed E-state index contributed by atoms with van der Waals surface area (Å²) >= 11 is 0. The molecule has 0 spiro atoms. The summed E-state index contributed by atoms with van der Waals surface area (Å²) in [5.74, 6) is 1.19. The number of aromatic hydroxyl groups is 2. The Morgan fingerprint density at radius 1 is 1.08 bits per heavy atom. The second-order valence-corrected chi connectivity index (χ2v) is 7.10. The van der Waals surface area contributed by atoms with Gasteiger partial charge in [0.15, 0.2) is 0 Å². The number of phenols is 2. The van der Waals surface area contributed by atoms with Gasteiger partial charge in [0.05, 0.1) is 5.60 Å². The molecule has 3 rings (SSSR count). The maximum atomic E-state index is 10.3. The predicted molar refractivity (Wildman–Crippen MR) is 92.5 cm³/mol. The molecule has 1 heterocycles. The fraction of sp³-hybridized carbons (Fsp3) is 0.400. The van der Waals surface area contributed by atoms with Gasteiger partial charge in [0.25, 0.3) is 0 Å². The van der Waals surface area contributed by atoms with Crippen LogP contribution in [0.5, 0.6) is 17.2 Å². The number of hydrogen-bond acceptors (Lipinski definition) is 4. The van der Waals surface area contributed by atoms with E-state index in [2.05, 4.69) is 0 Å². The number of hydrogen-bond donors (Lipinski definition) is 3. The quantitative estimate of drug-likeness (QED) is 0.797. The van der Waals surface area contributed by atoms with Crippen LogP contribution in [0.3, 0.4) is 0 Å². The van der Waals surface area contributed by atoms with Crippen LogP contribution < -0.4 is 4.74 Å². The SMILES string of the molecule is CC(C)(O)CCc1c(O)ccc2c1OC(c1ccc(O)cc1)CC2. The number of fused-ring (bicyclic) bond motifs is 1. The maximum absolute atomic E-state index is 10.3. The van der Waals surface area contributed by atoms with Crippen LogP contribution in [-0.4, -0.2) is 20.9 Å². The molecule has 1 atom stereocenters. The average Bonchev–Trinajstić information content (AvgIpc) is 2.53. The fourth-order valence-electron chi connectivity index (χ4n) is 3.09. The third kappa shape index (κ3) is 3.65. The third-order valence-electron chi connectivity index (χ3n) is 4.50. The van der Waals surface area contributed by atoms with Crippen LogP contribution in [0.1, 0.15) is 49.5 Å². The van der Waals surface area contributed by atoms with Crippen LogP contribution in [0.15, 0.2) is 36.4 Å². The summed E-state index contributed by atoms with van der Waals surface area (Å²) in [7, 11) is 0. The molecule has 0 aromatic heterocycles. The Morgan fingerprint density at radius 3 is 2.46 bits per heavy atom. The van der Waals surface area contributed by atoms with Gasteiger partial charge < -0.3 is 20.1 Å². The second kappa shape index (κ2) is 6.36. The lowest BCUT2D eigenvalue weighted by molar-refractivity contribution is 0.0707. The molecule has 1 aliphatic rings. The Balaban J connectivity index is 1.88. The van der Waals surface area contributed by atoms with E-state index in [0.717, 1.165) is 35.3 Å². The van der Waals surface area contributed by atoms with Crippen LogP contribution in [-0.2, 0) is 12.8 Å². The minimum atomic E-state index is -0.791. The number of phenolic OH excluding ortho intramolecular Hbond substituents is 2. The maximum Gasteiger partial charge on any atom is 0.130 e. The molecule has 2 aromatic carbocycles. The van der Waals surface area contributed by atoms with E-state index in [1.165, 1.54) is 0 Å². The molecule has 0 amide bonds. The Hall–Kier alpha value is -2.20. The van der Waals surface area contributed by atoms with Crippen LogP contribution in [0, 0.1) is 0 Å². The van der Waals surface area contributed by atoms with Crippen molar-refractivity contribution in [1.29, 1.82) is 0 Å². The zero-order chi connectivity index (χ0) is 17.3. The Bertz CT molecular complexity index is 714. The lowest BCUT2D eigenvalue weighted by Crippen LogP contribution is -2.21. The van der Waals surface area contributed by atoms with Gasteiger partial charge in [-0.15, -0.1) is 0 Å². The highest BCUT2D eigenvalue weighted by Gasteiger charge is 2.26. The molecule has 0 saturated carbocycles. The first-order valence-electron chi connectivity index (χ1n) is 8.35. The molecule has 0 saturated heterocycles. The number of aliphatic hydroxyl groups is 1. The second-order valence-electron chi connectivity index (χ2n) is 7.10. The van der Waals surface area contributed by atoms with Gasteiger partial charge >= 0.3 is 0 Å². The van der Waals surface area contributed by atoms with Gasteiger partial charge in [-0.1, -0.05) is 18.2 Å². The Kier molecular flexibility index (Phi) is 4.41. The topological polar surface area (TPSA) is 69.9 Å². The van der Waals surface area contributed by atoms with Crippen LogP contribution in [0.4, 0.5) is 0 Å². The molecule has 128 valence electrons. The summed E-state index contributed by atoms with van der Waals surface area (Å²) in [4.78, 5) is 0. The average molecular weight is 328 g/mol. The van der Waals surface area contributed by atoms with Crippen molar-refractivity contribution >= 4 is 0 Å². The Labute approximate surface area is 142 Å². The van der Waals surface area contributed by atoms with Gasteiger partial charge in [0, 0.05) is 5.56 Å². The van der Waals surface area contributed by atoms with E-state index < -0.39 is 5.60 Å². The van der Waals surface area contributed by atoms with Crippen LogP contribution in [0.25, 0.3) is 0 Å². The molecule has 0 radical (unpaired) electrons. The van der Waals surface area contributed by atoms with Gasteiger partial charge in [-0.3, -0.25) is 0 Å². The van der Waals surface area contributed by atoms with Gasteiger partial charge in [-0.05, 0) is 68.9 Å². The zero-order valence-electron chi connectivity index (χ0n) is 14.1. The smallest absolute Gasteiger partial charge is 0.130 e. The monoisotopic (exact) mass is 328 g/mol. The highest BCUT2D eigenvalue weighted by atomic mass is 16.5. The summed E-state index contributed by atoms with van der Waals surface area (Å²) in [5.41, 5.74) is 2.07. The molecule has 4 nitrogen and oxygen atoms in total.